The van der Waals surface area contributed by atoms with Gasteiger partial charge >= 0.3 is 6.09 Å². The van der Waals surface area contributed by atoms with Crippen LogP contribution in [-0.2, 0) is 9.59 Å². The number of anilines is 3. The van der Waals surface area contributed by atoms with E-state index in [1.165, 1.54) is 12.1 Å². The number of carboxylic acid groups (broad SMARTS) is 1. The third kappa shape index (κ3) is 6.31. The van der Waals surface area contributed by atoms with E-state index in [1.54, 1.807) is 23.1 Å². The minimum absolute atomic E-state index is 0.00800. The van der Waals surface area contributed by atoms with Crippen LogP contribution < -0.4 is 25.6 Å². The van der Waals surface area contributed by atoms with Crippen molar-refractivity contribution in [2.45, 2.75) is 37.9 Å². The monoisotopic (exact) mass is 527 g/mol. The molecule has 4 N–H and O–H groups in total. The molecule has 38 heavy (non-hydrogen) atoms. The average Bonchev–Trinajstić information content (AvgIpc) is 2.98. The van der Waals surface area contributed by atoms with Crippen molar-refractivity contribution in [3.8, 4) is 11.5 Å². The van der Waals surface area contributed by atoms with E-state index < -0.39 is 30.1 Å². The Hall–Kier alpha value is -4.35. The molecule has 2 aromatic carbocycles. The molecule has 0 unspecified atom stereocenters. The summed E-state index contributed by atoms with van der Waals surface area (Å²) >= 11 is 0. The van der Waals surface area contributed by atoms with Gasteiger partial charge in [-0.2, -0.15) is 0 Å². The van der Waals surface area contributed by atoms with Crippen LogP contribution in [0.3, 0.4) is 0 Å². The SMILES string of the molecule is CN(C)c1cccc(Oc2cc3c(cc2NC(=O)O)NC(=O)[C@@H](CCC(=O)N2CCC(F)CC2)NC3=O)c1. The molecule has 1 atom stereocenters. The normalized spacial score (nSPS) is 17.6. The van der Waals surface area contributed by atoms with Crippen LogP contribution in [0.15, 0.2) is 36.4 Å². The molecule has 12 heteroatoms. The number of amides is 4. The van der Waals surface area contributed by atoms with Crippen LogP contribution in [0.1, 0.15) is 36.0 Å². The van der Waals surface area contributed by atoms with Crippen LogP contribution in [0.4, 0.5) is 26.2 Å². The van der Waals surface area contributed by atoms with Crippen molar-refractivity contribution in [2.24, 2.45) is 0 Å². The molecule has 4 amide bonds. The number of likely N-dealkylation sites (tertiary alicyclic amines) is 1. The van der Waals surface area contributed by atoms with Gasteiger partial charge in [-0.15, -0.1) is 0 Å². The predicted octanol–water partition coefficient (Wildman–Crippen LogP) is 3.43. The lowest BCUT2D eigenvalue weighted by Crippen LogP contribution is -2.43. The molecule has 2 heterocycles. The number of alkyl halides is 1. The summed E-state index contributed by atoms with van der Waals surface area (Å²) < 4.78 is 19.3. The molecule has 0 spiro atoms. The molecule has 1 fully saturated rings. The van der Waals surface area contributed by atoms with Gasteiger partial charge in [-0.25, -0.2) is 9.18 Å². The number of benzene rings is 2. The Morgan fingerprint density at radius 3 is 2.61 bits per heavy atom. The highest BCUT2D eigenvalue weighted by Crippen LogP contribution is 2.36. The molecule has 11 nitrogen and oxygen atoms in total. The Balaban J connectivity index is 1.53. The van der Waals surface area contributed by atoms with E-state index >= 15 is 0 Å². The first-order valence-corrected chi connectivity index (χ1v) is 12.3. The van der Waals surface area contributed by atoms with E-state index in [4.69, 9.17) is 4.74 Å². The zero-order chi connectivity index (χ0) is 27.4. The van der Waals surface area contributed by atoms with Crippen LogP contribution in [0.5, 0.6) is 11.5 Å². The van der Waals surface area contributed by atoms with Gasteiger partial charge in [0, 0.05) is 45.4 Å². The number of hydrogen-bond donors (Lipinski definition) is 4. The summed E-state index contributed by atoms with van der Waals surface area (Å²) in [6.45, 7) is 0.655. The molecule has 0 aromatic heterocycles. The molecular weight excluding hydrogens is 497 g/mol. The first-order chi connectivity index (χ1) is 18.1. The van der Waals surface area contributed by atoms with Gasteiger partial charge in [-0.1, -0.05) is 6.07 Å². The van der Waals surface area contributed by atoms with Gasteiger partial charge in [-0.3, -0.25) is 19.7 Å². The maximum Gasteiger partial charge on any atom is 0.409 e. The third-order valence-electron chi connectivity index (χ3n) is 6.47. The number of nitrogens with zero attached hydrogens (tertiary/aromatic N) is 2. The number of ether oxygens (including phenoxy) is 1. The zero-order valence-corrected chi connectivity index (χ0v) is 21.1. The van der Waals surface area contributed by atoms with E-state index in [0.29, 0.717) is 18.8 Å². The standard InChI is InChI=1S/C26H30FN5O6/c1-31(2)16-4-3-5-17(12-16)38-22-13-18-20(14-21(22)30-26(36)37)29-25(35)19(28-24(18)34)6-7-23(33)32-10-8-15(27)9-11-32/h3-5,12-15,19,30H,6-11H2,1-2H3,(H,28,34)(H,29,35)(H,36,37)/t19-/m1/s1. The van der Waals surface area contributed by atoms with Crippen molar-refractivity contribution >= 4 is 40.9 Å². The zero-order valence-electron chi connectivity index (χ0n) is 21.1. The highest BCUT2D eigenvalue weighted by atomic mass is 19.1. The molecular formula is C26H30FN5O6. The van der Waals surface area contributed by atoms with Crippen molar-refractivity contribution in [2.75, 3.05) is 42.7 Å². The summed E-state index contributed by atoms with van der Waals surface area (Å²) in [5, 5.41) is 16.9. The van der Waals surface area contributed by atoms with Gasteiger partial charge in [-0.05, 0) is 43.5 Å². The maximum absolute atomic E-state index is 13.4. The number of piperidine rings is 1. The van der Waals surface area contributed by atoms with Gasteiger partial charge in [0.2, 0.25) is 11.8 Å². The number of nitrogens with one attached hydrogen (secondary N) is 3. The highest BCUT2D eigenvalue weighted by Gasteiger charge is 2.31. The van der Waals surface area contributed by atoms with E-state index in [9.17, 15) is 28.7 Å². The van der Waals surface area contributed by atoms with E-state index in [2.05, 4.69) is 16.0 Å². The van der Waals surface area contributed by atoms with Gasteiger partial charge in [0.15, 0.2) is 5.75 Å². The molecule has 4 rings (SSSR count). The molecule has 0 aliphatic carbocycles. The second kappa shape index (κ2) is 11.4. The number of carbonyl (C=O) groups is 4. The van der Waals surface area contributed by atoms with Crippen molar-refractivity contribution in [3.05, 3.63) is 42.0 Å². The Labute approximate surface area is 218 Å². The second-order valence-electron chi connectivity index (χ2n) is 9.43. The average molecular weight is 528 g/mol. The lowest BCUT2D eigenvalue weighted by atomic mass is 10.1. The molecule has 0 saturated carbocycles. The number of rotatable bonds is 7. The largest absolute Gasteiger partial charge is 0.465 e. The first-order valence-electron chi connectivity index (χ1n) is 12.3. The summed E-state index contributed by atoms with van der Waals surface area (Å²) in [4.78, 5) is 53.4. The molecule has 2 aliphatic heterocycles. The summed E-state index contributed by atoms with van der Waals surface area (Å²) in [6, 6.07) is 8.77. The van der Waals surface area contributed by atoms with Crippen molar-refractivity contribution in [3.63, 3.8) is 0 Å². The fourth-order valence-electron chi connectivity index (χ4n) is 4.37. The molecule has 2 aliphatic rings. The number of fused-ring (bicyclic) bond motifs is 1. The minimum atomic E-state index is -1.35. The van der Waals surface area contributed by atoms with Crippen molar-refractivity contribution in [1.82, 2.24) is 10.2 Å². The van der Waals surface area contributed by atoms with E-state index in [-0.39, 0.29) is 54.3 Å². The fraction of sp³-hybridized carbons (Fsp3) is 0.385. The Bertz CT molecular complexity index is 1240. The van der Waals surface area contributed by atoms with Crippen LogP contribution in [0.25, 0.3) is 0 Å². The van der Waals surface area contributed by atoms with Crippen molar-refractivity contribution < 1.29 is 33.4 Å². The lowest BCUT2D eigenvalue weighted by Gasteiger charge is -2.29. The van der Waals surface area contributed by atoms with Crippen LogP contribution in [0.2, 0.25) is 0 Å². The summed E-state index contributed by atoms with van der Waals surface area (Å²) in [7, 11) is 3.73. The van der Waals surface area contributed by atoms with Crippen molar-refractivity contribution in [1.29, 1.82) is 0 Å². The predicted molar refractivity (Wildman–Crippen MR) is 139 cm³/mol. The van der Waals surface area contributed by atoms with Crippen LogP contribution >= 0.6 is 0 Å². The number of carbonyl (C=O) groups excluding carboxylic acids is 3. The first kappa shape index (κ1) is 26.7. The molecule has 202 valence electrons. The Morgan fingerprint density at radius 2 is 1.92 bits per heavy atom. The fourth-order valence-corrected chi connectivity index (χ4v) is 4.37. The topological polar surface area (TPSA) is 140 Å². The number of halogens is 1. The summed E-state index contributed by atoms with van der Waals surface area (Å²) in [5.41, 5.74) is 1.06. The Kier molecular flexibility index (Phi) is 7.99. The highest BCUT2D eigenvalue weighted by molar-refractivity contribution is 6.11. The molecule has 0 bridgehead atoms. The minimum Gasteiger partial charge on any atom is -0.465 e. The van der Waals surface area contributed by atoms with E-state index in [0.717, 1.165) is 5.69 Å². The molecule has 1 saturated heterocycles. The van der Waals surface area contributed by atoms with Crippen LogP contribution in [-0.4, -0.2) is 73.2 Å². The van der Waals surface area contributed by atoms with Gasteiger partial charge < -0.3 is 30.3 Å². The molecule has 2 aromatic rings. The lowest BCUT2D eigenvalue weighted by molar-refractivity contribution is -0.133. The summed E-state index contributed by atoms with van der Waals surface area (Å²) in [5.74, 6) is -0.847. The Morgan fingerprint density at radius 1 is 1.18 bits per heavy atom. The van der Waals surface area contributed by atoms with E-state index in [1.807, 2.05) is 25.1 Å². The van der Waals surface area contributed by atoms with Gasteiger partial charge in [0.25, 0.3) is 5.91 Å². The maximum atomic E-state index is 13.4. The quantitative estimate of drug-likeness (QED) is 0.432. The third-order valence-corrected chi connectivity index (χ3v) is 6.47. The van der Waals surface area contributed by atoms with Gasteiger partial charge in [0.05, 0.1) is 16.9 Å². The number of hydrogen-bond acceptors (Lipinski definition) is 6. The smallest absolute Gasteiger partial charge is 0.409 e. The van der Waals surface area contributed by atoms with Gasteiger partial charge in [0.1, 0.15) is 18.0 Å². The molecule has 0 radical (unpaired) electrons. The summed E-state index contributed by atoms with van der Waals surface area (Å²) in [6.07, 6.45) is -1.61. The van der Waals surface area contributed by atoms with Crippen LogP contribution in [0, 0.1) is 0 Å². The second-order valence-corrected chi connectivity index (χ2v) is 9.43.